The third-order valence-electron chi connectivity index (χ3n) is 3.85. The molecule has 0 aromatic heterocycles. The van der Waals surface area contributed by atoms with Gasteiger partial charge >= 0.3 is 0 Å². The lowest BCUT2D eigenvalue weighted by atomic mass is 10.1. The highest BCUT2D eigenvalue weighted by molar-refractivity contribution is 4.84. The Labute approximate surface area is 99.5 Å². The summed E-state index contributed by atoms with van der Waals surface area (Å²) in [5.41, 5.74) is 0. The molecule has 2 heterocycles. The van der Waals surface area contributed by atoms with Gasteiger partial charge in [-0.05, 0) is 39.2 Å². The summed E-state index contributed by atoms with van der Waals surface area (Å²) in [6.45, 7) is 10.1. The molecule has 0 bridgehead atoms. The van der Waals surface area contributed by atoms with E-state index in [1.807, 2.05) is 0 Å². The van der Waals surface area contributed by atoms with Crippen molar-refractivity contribution < 1.29 is 4.74 Å². The van der Waals surface area contributed by atoms with E-state index in [9.17, 15) is 0 Å². The van der Waals surface area contributed by atoms with Gasteiger partial charge < -0.3 is 4.74 Å². The normalized spacial score (nSPS) is 37.1. The van der Waals surface area contributed by atoms with E-state index in [1.165, 1.54) is 19.4 Å². The standard InChI is InChI=1S/C13H26N2O/c1-10(2)15-6-4-5-12(15)7-13-14-8-11(3)9-16-13/h10-14H,4-9H2,1-3H3. The van der Waals surface area contributed by atoms with Crippen LogP contribution in [0, 0.1) is 5.92 Å². The van der Waals surface area contributed by atoms with E-state index >= 15 is 0 Å². The average molecular weight is 226 g/mol. The molecule has 2 rings (SSSR count). The van der Waals surface area contributed by atoms with Gasteiger partial charge in [0, 0.05) is 25.0 Å². The Morgan fingerprint density at radius 1 is 1.44 bits per heavy atom. The van der Waals surface area contributed by atoms with Gasteiger partial charge in [-0.15, -0.1) is 0 Å². The Hall–Kier alpha value is -0.120. The van der Waals surface area contributed by atoms with Crippen LogP contribution in [0.25, 0.3) is 0 Å². The number of hydrogen-bond acceptors (Lipinski definition) is 3. The zero-order chi connectivity index (χ0) is 11.5. The van der Waals surface area contributed by atoms with Crippen LogP contribution in [0.15, 0.2) is 0 Å². The Morgan fingerprint density at radius 2 is 2.25 bits per heavy atom. The minimum absolute atomic E-state index is 0.292. The number of hydrogen-bond donors (Lipinski definition) is 1. The van der Waals surface area contributed by atoms with Gasteiger partial charge in [0.05, 0.1) is 6.61 Å². The summed E-state index contributed by atoms with van der Waals surface area (Å²) >= 11 is 0. The van der Waals surface area contributed by atoms with Crippen molar-refractivity contribution in [3.63, 3.8) is 0 Å². The summed E-state index contributed by atoms with van der Waals surface area (Å²) in [5.74, 6) is 0.668. The van der Waals surface area contributed by atoms with Crippen molar-refractivity contribution in [3.8, 4) is 0 Å². The van der Waals surface area contributed by atoms with E-state index in [1.54, 1.807) is 0 Å². The zero-order valence-corrected chi connectivity index (χ0v) is 10.9. The van der Waals surface area contributed by atoms with Crippen LogP contribution in [0.1, 0.15) is 40.0 Å². The molecule has 0 aromatic carbocycles. The fraction of sp³-hybridized carbons (Fsp3) is 1.00. The van der Waals surface area contributed by atoms with Crippen molar-refractivity contribution in [2.24, 2.45) is 5.92 Å². The number of nitrogens with zero attached hydrogens (tertiary/aromatic N) is 1. The first-order valence-corrected chi connectivity index (χ1v) is 6.77. The molecule has 3 nitrogen and oxygen atoms in total. The van der Waals surface area contributed by atoms with Crippen LogP contribution < -0.4 is 5.32 Å². The molecular formula is C13H26N2O. The van der Waals surface area contributed by atoms with Crippen LogP contribution in [0.3, 0.4) is 0 Å². The Bertz CT molecular complexity index is 212. The van der Waals surface area contributed by atoms with Crippen LogP contribution in [0.5, 0.6) is 0 Å². The summed E-state index contributed by atoms with van der Waals surface area (Å²) in [6, 6.07) is 1.40. The minimum Gasteiger partial charge on any atom is -0.363 e. The van der Waals surface area contributed by atoms with Gasteiger partial charge in [0.2, 0.25) is 0 Å². The molecule has 1 N–H and O–H groups in total. The van der Waals surface area contributed by atoms with E-state index in [0.717, 1.165) is 25.6 Å². The quantitative estimate of drug-likeness (QED) is 0.794. The van der Waals surface area contributed by atoms with Gasteiger partial charge in [-0.2, -0.15) is 0 Å². The summed E-state index contributed by atoms with van der Waals surface area (Å²) in [4.78, 5) is 2.63. The van der Waals surface area contributed by atoms with Crippen molar-refractivity contribution in [2.45, 2.75) is 58.3 Å². The highest BCUT2D eigenvalue weighted by atomic mass is 16.5. The van der Waals surface area contributed by atoms with Gasteiger partial charge in [-0.3, -0.25) is 10.2 Å². The number of ether oxygens (including phenoxy) is 1. The molecule has 3 atom stereocenters. The van der Waals surface area contributed by atoms with E-state index in [2.05, 4.69) is 31.0 Å². The Kier molecular flexibility index (Phi) is 4.22. The Morgan fingerprint density at radius 3 is 2.88 bits per heavy atom. The maximum absolute atomic E-state index is 5.84. The molecule has 2 fully saturated rings. The van der Waals surface area contributed by atoms with E-state index in [4.69, 9.17) is 4.74 Å². The average Bonchev–Trinajstić information content (AvgIpc) is 2.69. The first kappa shape index (κ1) is 12.3. The van der Waals surface area contributed by atoms with Gasteiger partial charge in [0.1, 0.15) is 6.23 Å². The molecule has 0 aromatic rings. The molecule has 3 heteroatoms. The van der Waals surface area contributed by atoms with Crippen molar-refractivity contribution in [1.29, 1.82) is 0 Å². The molecule has 2 aliphatic rings. The van der Waals surface area contributed by atoms with Gasteiger partial charge in [-0.25, -0.2) is 0 Å². The lowest BCUT2D eigenvalue weighted by molar-refractivity contribution is -0.0399. The predicted molar refractivity (Wildman–Crippen MR) is 66.4 cm³/mol. The third-order valence-corrected chi connectivity index (χ3v) is 3.85. The van der Waals surface area contributed by atoms with Crippen LogP contribution in [-0.2, 0) is 4.74 Å². The first-order chi connectivity index (χ1) is 7.66. The second-order valence-corrected chi connectivity index (χ2v) is 5.70. The largest absolute Gasteiger partial charge is 0.363 e. The van der Waals surface area contributed by atoms with Crippen LogP contribution >= 0.6 is 0 Å². The van der Waals surface area contributed by atoms with Gasteiger partial charge in [0.15, 0.2) is 0 Å². The fourth-order valence-corrected chi connectivity index (χ4v) is 2.92. The maximum atomic E-state index is 5.84. The molecule has 94 valence electrons. The predicted octanol–water partition coefficient (Wildman–Crippen LogP) is 1.83. The molecule has 0 aliphatic carbocycles. The van der Waals surface area contributed by atoms with Crippen LogP contribution in [0.2, 0.25) is 0 Å². The first-order valence-electron chi connectivity index (χ1n) is 6.77. The monoisotopic (exact) mass is 226 g/mol. The number of likely N-dealkylation sites (tertiary alicyclic amines) is 1. The van der Waals surface area contributed by atoms with Crippen molar-refractivity contribution >= 4 is 0 Å². The second kappa shape index (κ2) is 5.48. The van der Waals surface area contributed by atoms with Gasteiger partial charge in [0.25, 0.3) is 0 Å². The van der Waals surface area contributed by atoms with Crippen molar-refractivity contribution in [3.05, 3.63) is 0 Å². The van der Waals surface area contributed by atoms with E-state index in [-0.39, 0.29) is 0 Å². The molecule has 0 saturated carbocycles. The molecule has 0 radical (unpaired) electrons. The third kappa shape index (κ3) is 2.96. The lowest BCUT2D eigenvalue weighted by Crippen LogP contribution is -2.47. The highest BCUT2D eigenvalue weighted by Crippen LogP contribution is 2.24. The summed E-state index contributed by atoms with van der Waals surface area (Å²) in [5, 5.41) is 3.51. The molecule has 0 amide bonds. The van der Waals surface area contributed by atoms with Crippen LogP contribution in [0.4, 0.5) is 0 Å². The molecule has 2 aliphatic heterocycles. The smallest absolute Gasteiger partial charge is 0.109 e. The van der Waals surface area contributed by atoms with Gasteiger partial charge in [-0.1, -0.05) is 6.92 Å². The Balaban J connectivity index is 1.80. The van der Waals surface area contributed by atoms with Crippen molar-refractivity contribution in [1.82, 2.24) is 10.2 Å². The number of rotatable bonds is 3. The zero-order valence-electron chi connectivity index (χ0n) is 10.9. The van der Waals surface area contributed by atoms with Crippen molar-refractivity contribution in [2.75, 3.05) is 19.7 Å². The maximum Gasteiger partial charge on any atom is 0.109 e. The summed E-state index contributed by atoms with van der Waals surface area (Å²) < 4.78 is 5.84. The highest BCUT2D eigenvalue weighted by Gasteiger charge is 2.30. The number of nitrogens with one attached hydrogen (secondary N) is 1. The topological polar surface area (TPSA) is 24.5 Å². The fourth-order valence-electron chi connectivity index (χ4n) is 2.92. The second-order valence-electron chi connectivity index (χ2n) is 5.70. The lowest BCUT2D eigenvalue weighted by Gasteiger charge is -2.34. The molecule has 3 unspecified atom stereocenters. The van der Waals surface area contributed by atoms with E-state index < -0.39 is 0 Å². The van der Waals surface area contributed by atoms with E-state index in [0.29, 0.717) is 18.2 Å². The molecule has 2 saturated heterocycles. The molecule has 0 spiro atoms. The van der Waals surface area contributed by atoms with Crippen LogP contribution in [-0.4, -0.2) is 42.9 Å². The summed E-state index contributed by atoms with van der Waals surface area (Å²) in [6.07, 6.45) is 4.15. The summed E-state index contributed by atoms with van der Waals surface area (Å²) in [7, 11) is 0. The molecular weight excluding hydrogens is 200 g/mol. The minimum atomic E-state index is 0.292. The SMILES string of the molecule is CC1CNC(CC2CCCN2C(C)C)OC1. The molecule has 16 heavy (non-hydrogen) atoms.